The molecule has 1 N–H and O–H groups in total. The predicted molar refractivity (Wildman–Crippen MR) is 110 cm³/mol. The van der Waals surface area contributed by atoms with Crippen LogP contribution in [0.25, 0.3) is 0 Å². The van der Waals surface area contributed by atoms with Gasteiger partial charge in [0.2, 0.25) is 5.82 Å². The van der Waals surface area contributed by atoms with Crippen molar-refractivity contribution in [2.45, 2.75) is 52.7 Å². The van der Waals surface area contributed by atoms with Gasteiger partial charge in [0.05, 0.1) is 6.20 Å². The number of hydrogen-bond donors (Lipinski definition) is 1. The van der Waals surface area contributed by atoms with Crippen LogP contribution >= 0.6 is 0 Å². The summed E-state index contributed by atoms with van der Waals surface area (Å²) in [5.74, 6) is 0.966. The number of carbonyl (C=O) groups excluding carboxylic acids is 1. The summed E-state index contributed by atoms with van der Waals surface area (Å²) >= 11 is 0. The van der Waals surface area contributed by atoms with Crippen LogP contribution in [0.2, 0.25) is 0 Å². The predicted octanol–water partition coefficient (Wildman–Crippen LogP) is 1.94. The molecule has 1 aliphatic rings. The van der Waals surface area contributed by atoms with Gasteiger partial charge in [-0.05, 0) is 34.1 Å². The molecule has 0 saturated carbocycles. The average Bonchev–Trinajstić information content (AvgIpc) is 3.32. The van der Waals surface area contributed by atoms with Crippen LogP contribution in [0.1, 0.15) is 53.7 Å². The van der Waals surface area contributed by atoms with E-state index < -0.39 is 0 Å². The fourth-order valence-electron chi connectivity index (χ4n) is 3.53. The first-order valence-corrected chi connectivity index (χ1v) is 9.90. The summed E-state index contributed by atoms with van der Waals surface area (Å²) < 4.78 is 1.95. The summed E-state index contributed by atoms with van der Waals surface area (Å²) in [6.45, 7) is 10.9. The normalized spacial score (nSPS) is 17.8. The monoisotopic (exact) mass is 385 g/mol. The van der Waals surface area contributed by atoms with E-state index in [9.17, 15) is 4.79 Å². The van der Waals surface area contributed by atoms with Crippen molar-refractivity contribution in [3.05, 3.63) is 35.0 Å². The fraction of sp³-hybridized carbons (Fsp3) is 0.600. The van der Waals surface area contributed by atoms with Crippen molar-refractivity contribution in [3.63, 3.8) is 0 Å². The third-order valence-electron chi connectivity index (χ3n) is 5.41. The molecular formula is C20H31N7O. The van der Waals surface area contributed by atoms with E-state index >= 15 is 0 Å². The highest BCUT2D eigenvalue weighted by molar-refractivity contribution is 5.90. The van der Waals surface area contributed by atoms with Crippen LogP contribution in [0.4, 0.5) is 5.82 Å². The summed E-state index contributed by atoms with van der Waals surface area (Å²) in [6, 6.07) is 0.604. The van der Waals surface area contributed by atoms with Crippen LogP contribution < -0.4 is 10.2 Å². The highest BCUT2D eigenvalue weighted by Crippen LogP contribution is 2.25. The second-order valence-electron chi connectivity index (χ2n) is 7.73. The molecule has 152 valence electrons. The highest BCUT2D eigenvalue weighted by atomic mass is 16.2. The molecule has 1 aliphatic heterocycles. The summed E-state index contributed by atoms with van der Waals surface area (Å²) in [5, 5.41) is 8.08. The summed E-state index contributed by atoms with van der Waals surface area (Å²) in [4.78, 5) is 25.1. The zero-order valence-corrected chi connectivity index (χ0v) is 17.7. The SMILES string of the molecule is CCn1cc(C(C)N[C@@H]2CCN(c3nc(C(=O)N(C)C)nc(C)c3C)C2)cn1. The molecule has 0 bridgehead atoms. The Bertz CT molecular complexity index is 845. The molecule has 8 heteroatoms. The minimum Gasteiger partial charge on any atom is -0.355 e. The van der Waals surface area contributed by atoms with Crippen LogP contribution in [0, 0.1) is 13.8 Å². The number of rotatable bonds is 6. The third-order valence-corrected chi connectivity index (χ3v) is 5.41. The Hall–Kier alpha value is -2.48. The van der Waals surface area contributed by atoms with E-state index in [4.69, 9.17) is 0 Å². The van der Waals surface area contributed by atoms with Crippen molar-refractivity contribution >= 4 is 11.7 Å². The number of carbonyl (C=O) groups is 1. The van der Waals surface area contributed by atoms with E-state index in [2.05, 4.69) is 45.3 Å². The smallest absolute Gasteiger partial charge is 0.291 e. The summed E-state index contributed by atoms with van der Waals surface area (Å²) in [6.07, 6.45) is 5.07. The second kappa shape index (κ2) is 8.26. The van der Waals surface area contributed by atoms with E-state index in [0.717, 1.165) is 43.1 Å². The maximum atomic E-state index is 12.3. The Morgan fingerprint density at radius 3 is 2.75 bits per heavy atom. The Morgan fingerprint density at radius 2 is 2.11 bits per heavy atom. The molecular weight excluding hydrogens is 354 g/mol. The van der Waals surface area contributed by atoms with Crippen LogP contribution in [-0.2, 0) is 6.54 Å². The number of hydrogen-bond acceptors (Lipinski definition) is 6. The van der Waals surface area contributed by atoms with Gasteiger partial charge in [0, 0.05) is 68.8 Å². The van der Waals surface area contributed by atoms with Crippen LogP contribution in [-0.4, -0.2) is 63.8 Å². The van der Waals surface area contributed by atoms with Crippen molar-refractivity contribution in [1.29, 1.82) is 0 Å². The second-order valence-corrected chi connectivity index (χ2v) is 7.73. The van der Waals surface area contributed by atoms with Gasteiger partial charge in [0.1, 0.15) is 5.82 Å². The summed E-state index contributed by atoms with van der Waals surface area (Å²) in [5.41, 5.74) is 3.09. The van der Waals surface area contributed by atoms with Crippen molar-refractivity contribution in [1.82, 2.24) is 30.0 Å². The molecule has 0 radical (unpaired) electrons. The van der Waals surface area contributed by atoms with Gasteiger partial charge in [0.15, 0.2) is 0 Å². The van der Waals surface area contributed by atoms with Gasteiger partial charge in [-0.3, -0.25) is 9.48 Å². The molecule has 3 rings (SSSR count). The first-order valence-electron chi connectivity index (χ1n) is 9.90. The van der Waals surface area contributed by atoms with Gasteiger partial charge in [0.25, 0.3) is 5.91 Å². The van der Waals surface area contributed by atoms with Crippen molar-refractivity contribution in [2.24, 2.45) is 0 Å². The van der Waals surface area contributed by atoms with Gasteiger partial charge >= 0.3 is 0 Å². The number of nitrogens with one attached hydrogen (secondary N) is 1. The van der Waals surface area contributed by atoms with Gasteiger partial charge in [-0.25, -0.2) is 9.97 Å². The molecule has 0 aliphatic carbocycles. The molecule has 1 amide bonds. The molecule has 1 unspecified atom stereocenters. The lowest BCUT2D eigenvalue weighted by atomic mass is 10.1. The number of aromatic nitrogens is 4. The number of aryl methyl sites for hydroxylation is 2. The Labute approximate surface area is 167 Å². The highest BCUT2D eigenvalue weighted by Gasteiger charge is 2.28. The van der Waals surface area contributed by atoms with E-state index in [1.54, 1.807) is 14.1 Å². The van der Waals surface area contributed by atoms with Crippen LogP contribution in [0.5, 0.6) is 0 Å². The first-order chi connectivity index (χ1) is 13.3. The maximum Gasteiger partial charge on any atom is 0.291 e. The molecule has 0 aromatic carbocycles. The average molecular weight is 386 g/mol. The zero-order chi connectivity index (χ0) is 20.4. The molecule has 2 atom stereocenters. The number of nitrogens with zero attached hydrogens (tertiary/aromatic N) is 6. The Kier molecular flexibility index (Phi) is 5.98. The van der Waals surface area contributed by atoms with Gasteiger partial charge in [-0.15, -0.1) is 0 Å². The largest absolute Gasteiger partial charge is 0.355 e. The van der Waals surface area contributed by atoms with Crippen molar-refractivity contribution in [3.8, 4) is 0 Å². The molecule has 1 fully saturated rings. The molecule has 3 heterocycles. The standard InChI is InChI=1S/C20H31N7O/c1-7-27-11-16(10-21-27)15(4)22-17-8-9-26(12-17)19-13(2)14(3)23-18(24-19)20(28)25(5)6/h10-11,15,17,22H,7-9,12H2,1-6H3/t15?,17-/m1/s1. The Morgan fingerprint density at radius 1 is 1.36 bits per heavy atom. The lowest BCUT2D eigenvalue weighted by molar-refractivity contribution is 0.0815. The van der Waals surface area contributed by atoms with Gasteiger partial charge in [-0.1, -0.05) is 0 Å². The first kappa shape index (κ1) is 20.3. The van der Waals surface area contributed by atoms with E-state index in [1.807, 2.05) is 24.7 Å². The summed E-state index contributed by atoms with van der Waals surface area (Å²) in [7, 11) is 3.44. The van der Waals surface area contributed by atoms with E-state index in [1.165, 1.54) is 10.5 Å². The number of anilines is 1. The van der Waals surface area contributed by atoms with Gasteiger partial charge < -0.3 is 15.1 Å². The van der Waals surface area contributed by atoms with Crippen LogP contribution in [0.3, 0.4) is 0 Å². The van der Waals surface area contributed by atoms with E-state index in [-0.39, 0.29) is 17.8 Å². The van der Waals surface area contributed by atoms with Crippen molar-refractivity contribution in [2.75, 3.05) is 32.1 Å². The quantitative estimate of drug-likeness (QED) is 0.819. The molecule has 8 nitrogen and oxygen atoms in total. The van der Waals surface area contributed by atoms with E-state index in [0.29, 0.717) is 6.04 Å². The molecule has 2 aromatic heterocycles. The maximum absolute atomic E-state index is 12.3. The topological polar surface area (TPSA) is 79.2 Å². The lowest BCUT2D eigenvalue weighted by Gasteiger charge is -2.23. The minimum atomic E-state index is -0.167. The molecule has 1 saturated heterocycles. The van der Waals surface area contributed by atoms with Crippen LogP contribution in [0.15, 0.2) is 12.4 Å². The van der Waals surface area contributed by atoms with Gasteiger partial charge in [-0.2, -0.15) is 5.10 Å². The minimum absolute atomic E-state index is 0.167. The van der Waals surface area contributed by atoms with Crippen molar-refractivity contribution < 1.29 is 4.79 Å². The molecule has 0 spiro atoms. The lowest BCUT2D eigenvalue weighted by Crippen LogP contribution is -2.35. The molecule has 2 aromatic rings. The Balaban J connectivity index is 1.71. The third kappa shape index (κ3) is 4.16. The molecule has 28 heavy (non-hydrogen) atoms. The fourth-order valence-corrected chi connectivity index (χ4v) is 3.53. The number of amides is 1. The zero-order valence-electron chi connectivity index (χ0n) is 17.7.